The standard InChI is InChI=1S/C14H11O2/c1-2-5-11(6-3-1)12-7-4-8-13-14(12)16-10-9-15-13/h1-3,5-8H,9-10H2. The molecule has 1 heterocycles. The van der Waals surface area contributed by atoms with E-state index in [2.05, 4.69) is 18.2 Å². The third-order valence-corrected chi connectivity index (χ3v) is 2.58. The van der Waals surface area contributed by atoms with E-state index in [1.807, 2.05) is 30.3 Å². The van der Waals surface area contributed by atoms with E-state index in [0.717, 1.165) is 22.6 Å². The molecule has 0 saturated heterocycles. The van der Waals surface area contributed by atoms with E-state index in [4.69, 9.17) is 9.47 Å². The minimum Gasteiger partial charge on any atom is -0.486 e. The van der Waals surface area contributed by atoms with Gasteiger partial charge in [0.05, 0.1) is 0 Å². The summed E-state index contributed by atoms with van der Waals surface area (Å²) in [5, 5.41) is 0. The third-order valence-electron chi connectivity index (χ3n) is 2.58. The zero-order chi connectivity index (χ0) is 10.8. The second-order valence-corrected chi connectivity index (χ2v) is 3.63. The first-order valence-corrected chi connectivity index (χ1v) is 5.30. The molecule has 0 fully saturated rings. The minimum absolute atomic E-state index is 0.608. The smallest absolute Gasteiger partial charge is 0.169 e. The lowest BCUT2D eigenvalue weighted by Crippen LogP contribution is -2.15. The highest BCUT2D eigenvalue weighted by Crippen LogP contribution is 2.39. The van der Waals surface area contributed by atoms with Crippen LogP contribution in [-0.4, -0.2) is 13.2 Å². The molecule has 0 atom stereocenters. The summed E-state index contributed by atoms with van der Waals surface area (Å²) >= 11 is 0. The second kappa shape index (κ2) is 3.89. The van der Waals surface area contributed by atoms with Gasteiger partial charge in [0.2, 0.25) is 0 Å². The normalized spacial score (nSPS) is 13.5. The van der Waals surface area contributed by atoms with Crippen LogP contribution in [0.4, 0.5) is 0 Å². The molecule has 0 bridgehead atoms. The van der Waals surface area contributed by atoms with Crippen molar-refractivity contribution in [2.75, 3.05) is 13.2 Å². The predicted octanol–water partition coefficient (Wildman–Crippen LogP) is 2.92. The Morgan fingerprint density at radius 3 is 2.62 bits per heavy atom. The fourth-order valence-electron chi connectivity index (χ4n) is 1.85. The van der Waals surface area contributed by atoms with Crippen LogP contribution in [0.5, 0.6) is 11.5 Å². The van der Waals surface area contributed by atoms with Crippen molar-refractivity contribution in [3.05, 3.63) is 48.5 Å². The lowest BCUT2D eigenvalue weighted by molar-refractivity contribution is 0.172. The van der Waals surface area contributed by atoms with E-state index in [9.17, 15) is 0 Å². The molecule has 0 aliphatic carbocycles. The molecule has 1 radical (unpaired) electrons. The van der Waals surface area contributed by atoms with Gasteiger partial charge >= 0.3 is 0 Å². The lowest BCUT2D eigenvalue weighted by atomic mass is 10.0. The summed E-state index contributed by atoms with van der Waals surface area (Å²) in [6.07, 6.45) is 0. The van der Waals surface area contributed by atoms with Gasteiger partial charge in [-0.1, -0.05) is 30.3 Å². The van der Waals surface area contributed by atoms with Crippen molar-refractivity contribution in [2.45, 2.75) is 0 Å². The summed E-state index contributed by atoms with van der Waals surface area (Å²) in [4.78, 5) is 0. The van der Waals surface area contributed by atoms with Crippen LogP contribution in [0.25, 0.3) is 11.1 Å². The van der Waals surface area contributed by atoms with E-state index in [0.29, 0.717) is 13.2 Å². The molecule has 0 unspecified atom stereocenters. The van der Waals surface area contributed by atoms with Crippen molar-refractivity contribution in [1.82, 2.24) is 0 Å². The van der Waals surface area contributed by atoms with Crippen molar-refractivity contribution >= 4 is 0 Å². The Bertz CT molecular complexity index is 491. The molecule has 2 aromatic carbocycles. The molecule has 79 valence electrons. The lowest BCUT2D eigenvalue weighted by Gasteiger charge is -2.20. The average molecular weight is 211 g/mol. The van der Waals surface area contributed by atoms with Crippen LogP contribution in [0.15, 0.2) is 42.5 Å². The maximum Gasteiger partial charge on any atom is 0.169 e. The summed E-state index contributed by atoms with van der Waals surface area (Å²) in [5.41, 5.74) is 2.17. The number of rotatable bonds is 1. The summed E-state index contributed by atoms with van der Waals surface area (Å²) in [5.74, 6) is 1.61. The molecule has 2 aromatic rings. The van der Waals surface area contributed by atoms with Crippen LogP contribution < -0.4 is 9.47 Å². The van der Waals surface area contributed by atoms with Crippen molar-refractivity contribution in [1.29, 1.82) is 0 Å². The molecule has 0 aromatic heterocycles. The molecule has 3 rings (SSSR count). The van der Waals surface area contributed by atoms with Crippen LogP contribution in [0.2, 0.25) is 0 Å². The zero-order valence-corrected chi connectivity index (χ0v) is 8.77. The van der Waals surface area contributed by atoms with Crippen LogP contribution in [0, 0.1) is 6.07 Å². The molecule has 16 heavy (non-hydrogen) atoms. The molecule has 0 N–H and O–H groups in total. The monoisotopic (exact) mass is 211 g/mol. The van der Waals surface area contributed by atoms with Crippen LogP contribution in [0.3, 0.4) is 0 Å². The first kappa shape index (κ1) is 9.28. The number of hydrogen-bond acceptors (Lipinski definition) is 2. The highest BCUT2D eigenvalue weighted by molar-refractivity contribution is 5.73. The van der Waals surface area contributed by atoms with E-state index >= 15 is 0 Å². The van der Waals surface area contributed by atoms with Gasteiger partial charge < -0.3 is 9.47 Å². The van der Waals surface area contributed by atoms with Gasteiger partial charge in [-0.3, -0.25) is 0 Å². The Hall–Kier alpha value is -1.96. The number of ether oxygens (including phenoxy) is 2. The average Bonchev–Trinajstić information content (AvgIpc) is 2.39. The first-order valence-electron chi connectivity index (χ1n) is 5.30. The van der Waals surface area contributed by atoms with Crippen LogP contribution in [0.1, 0.15) is 0 Å². The third kappa shape index (κ3) is 1.52. The summed E-state index contributed by atoms with van der Waals surface area (Å²) in [7, 11) is 0. The Morgan fingerprint density at radius 1 is 0.938 bits per heavy atom. The summed E-state index contributed by atoms with van der Waals surface area (Å²) in [6.45, 7) is 1.22. The summed E-state index contributed by atoms with van der Waals surface area (Å²) in [6, 6.07) is 17.0. The molecular formula is C14H11O2. The Balaban J connectivity index is 2.14. The van der Waals surface area contributed by atoms with Crippen LogP contribution in [-0.2, 0) is 0 Å². The largest absolute Gasteiger partial charge is 0.486 e. The first-order chi connectivity index (χ1) is 7.95. The van der Waals surface area contributed by atoms with Gasteiger partial charge in [0.15, 0.2) is 11.5 Å². The van der Waals surface area contributed by atoms with Gasteiger partial charge in [-0.05, 0) is 23.8 Å². The van der Waals surface area contributed by atoms with Crippen molar-refractivity contribution < 1.29 is 9.47 Å². The molecular weight excluding hydrogens is 200 g/mol. The number of hydrogen-bond donors (Lipinski definition) is 0. The van der Waals surface area contributed by atoms with Gasteiger partial charge in [-0.15, -0.1) is 0 Å². The maximum atomic E-state index is 5.66. The van der Waals surface area contributed by atoms with Gasteiger partial charge in [0.25, 0.3) is 0 Å². The molecule has 0 saturated carbocycles. The maximum absolute atomic E-state index is 5.66. The Morgan fingerprint density at radius 2 is 1.75 bits per heavy atom. The molecule has 1 aliphatic heterocycles. The highest BCUT2D eigenvalue weighted by atomic mass is 16.6. The highest BCUT2D eigenvalue weighted by Gasteiger charge is 2.16. The fraction of sp³-hybridized carbons (Fsp3) is 0.143. The number of fused-ring (bicyclic) bond motifs is 1. The Kier molecular flexibility index (Phi) is 2.26. The van der Waals surface area contributed by atoms with Gasteiger partial charge in [0, 0.05) is 5.56 Å². The van der Waals surface area contributed by atoms with Gasteiger partial charge in [-0.2, -0.15) is 0 Å². The minimum atomic E-state index is 0.608. The zero-order valence-electron chi connectivity index (χ0n) is 8.77. The molecule has 1 aliphatic rings. The van der Waals surface area contributed by atoms with Crippen LogP contribution >= 0.6 is 0 Å². The van der Waals surface area contributed by atoms with Gasteiger partial charge in [0.1, 0.15) is 13.2 Å². The van der Waals surface area contributed by atoms with E-state index in [1.165, 1.54) is 0 Å². The van der Waals surface area contributed by atoms with Crippen molar-refractivity contribution in [3.63, 3.8) is 0 Å². The SMILES string of the molecule is [c]1cc2c(c(-c3ccccc3)c1)OCCO2. The molecule has 0 amide bonds. The van der Waals surface area contributed by atoms with E-state index in [-0.39, 0.29) is 0 Å². The van der Waals surface area contributed by atoms with E-state index < -0.39 is 0 Å². The van der Waals surface area contributed by atoms with Crippen molar-refractivity contribution in [2.24, 2.45) is 0 Å². The summed E-state index contributed by atoms with van der Waals surface area (Å²) < 4.78 is 11.2. The predicted molar refractivity (Wildman–Crippen MR) is 61.7 cm³/mol. The fourth-order valence-corrected chi connectivity index (χ4v) is 1.85. The molecule has 2 nitrogen and oxygen atoms in total. The second-order valence-electron chi connectivity index (χ2n) is 3.63. The quantitative estimate of drug-likeness (QED) is 0.722. The molecule has 2 heteroatoms. The topological polar surface area (TPSA) is 18.5 Å². The van der Waals surface area contributed by atoms with Crippen molar-refractivity contribution in [3.8, 4) is 22.6 Å². The Labute approximate surface area is 94.4 Å². The number of benzene rings is 2. The molecule has 0 spiro atoms. The van der Waals surface area contributed by atoms with E-state index in [1.54, 1.807) is 0 Å². The van der Waals surface area contributed by atoms with Gasteiger partial charge in [-0.25, -0.2) is 0 Å².